The summed E-state index contributed by atoms with van der Waals surface area (Å²) in [5.41, 5.74) is -0.275. The van der Waals surface area contributed by atoms with Crippen LogP contribution in [0.1, 0.15) is 12.6 Å². The van der Waals surface area contributed by atoms with Gasteiger partial charge in [-0.3, -0.25) is 4.40 Å². The first-order chi connectivity index (χ1) is 9.48. The Kier molecular flexibility index (Phi) is 4.33. The van der Waals surface area contributed by atoms with Crippen molar-refractivity contribution in [3.63, 3.8) is 0 Å². The van der Waals surface area contributed by atoms with E-state index in [9.17, 15) is 8.78 Å². The predicted octanol–water partition coefficient (Wildman–Crippen LogP) is 3.08. The molecule has 3 aromatic heterocycles. The van der Waals surface area contributed by atoms with E-state index in [4.69, 9.17) is 0 Å². The van der Waals surface area contributed by atoms with Crippen molar-refractivity contribution < 1.29 is 8.78 Å². The average molecular weight is 342 g/mol. The van der Waals surface area contributed by atoms with Gasteiger partial charge in [0.2, 0.25) is 5.78 Å². The van der Waals surface area contributed by atoms with Gasteiger partial charge in [-0.1, -0.05) is 0 Å². The molecular formula is C12H10BrF2N5. The van der Waals surface area contributed by atoms with Crippen LogP contribution < -0.4 is 0 Å². The highest BCUT2D eigenvalue weighted by molar-refractivity contribution is 9.10. The monoisotopic (exact) mass is 341 g/mol. The molecule has 0 saturated heterocycles. The number of imidazole rings is 1. The molecule has 0 aromatic carbocycles. The number of rotatable bonds is 1. The maximum absolute atomic E-state index is 12.9. The summed E-state index contributed by atoms with van der Waals surface area (Å²) in [6, 6.07) is 3.06. The Morgan fingerprint density at radius 3 is 2.45 bits per heavy atom. The highest BCUT2D eigenvalue weighted by atomic mass is 79.9. The van der Waals surface area contributed by atoms with Crippen molar-refractivity contribution in [1.29, 1.82) is 0 Å². The summed E-state index contributed by atoms with van der Waals surface area (Å²) in [4.78, 5) is 15.0. The van der Waals surface area contributed by atoms with E-state index in [1.54, 1.807) is 22.9 Å². The SMILES string of the molecule is CC(F)(F)c1ccn2c(Br)cnc2n1.c1cncnc1. The summed E-state index contributed by atoms with van der Waals surface area (Å²) < 4.78 is 28.0. The van der Waals surface area contributed by atoms with Crippen LogP contribution in [0.2, 0.25) is 0 Å². The number of nitrogens with zero attached hydrogens (tertiary/aromatic N) is 5. The Bertz CT molecular complexity index is 654. The van der Waals surface area contributed by atoms with E-state index >= 15 is 0 Å². The number of halogens is 3. The lowest BCUT2D eigenvalue weighted by Crippen LogP contribution is -2.10. The summed E-state index contributed by atoms with van der Waals surface area (Å²) >= 11 is 3.21. The molecule has 0 amide bonds. The first-order valence-electron chi connectivity index (χ1n) is 5.56. The Morgan fingerprint density at radius 1 is 1.25 bits per heavy atom. The third-order valence-electron chi connectivity index (χ3n) is 2.26. The molecule has 0 bridgehead atoms. The van der Waals surface area contributed by atoms with Gasteiger partial charge in [-0.15, -0.1) is 0 Å². The van der Waals surface area contributed by atoms with E-state index in [1.165, 1.54) is 24.8 Å². The van der Waals surface area contributed by atoms with Gasteiger partial charge in [0.05, 0.1) is 6.20 Å². The van der Waals surface area contributed by atoms with Crippen LogP contribution in [0, 0.1) is 0 Å². The summed E-state index contributed by atoms with van der Waals surface area (Å²) in [7, 11) is 0. The third kappa shape index (κ3) is 3.53. The van der Waals surface area contributed by atoms with Crippen LogP contribution >= 0.6 is 15.9 Å². The van der Waals surface area contributed by atoms with Crippen LogP contribution in [0.15, 0.2) is 47.9 Å². The molecule has 3 rings (SSSR count). The van der Waals surface area contributed by atoms with E-state index in [2.05, 4.69) is 35.9 Å². The smallest absolute Gasteiger partial charge is 0.278 e. The van der Waals surface area contributed by atoms with Gasteiger partial charge in [-0.25, -0.2) is 19.9 Å². The first kappa shape index (κ1) is 14.4. The molecule has 3 aromatic rings. The lowest BCUT2D eigenvalue weighted by molar-refractivity contribution is 0.0128. The van der Waals surface area contributed by atoms with Gasteiger partial charge in [0.1, 0.15) is 16.6 Å². The fraction of sp³-hybridized carbons (Fsp3) is 0.167. The van der Waals surface area contributed by atoms with Gasteiger partial charge in [-0.05, 0) is 28.1 Å². The molecule has 0 saturated carbocycles. The molecule has 104 valence electrons. The largest absolute Gasteiger partial charge is 0.287 e. The van der Waals surface area contributed by atoms with E-state index < -0.39 is 5.92 Å². The van der Waals surface area contributed by atoms with Gasteiger partial charge in [0.15, 0.2) is 0 Å². The molecule has 0 fully saturated rings. The lowest BCUT2D eigenvalue weighted by Gasteiger charge is -2.08. The van der Waals surface area contributed by atoms with Crippen LogP contribution in [-0.2, 0) is 5.92 Å². The van der Waals surface area contributed by atoms with E-state index in [1.807, 2.05) is 0 Å². The van der Waals surface area contributed by atoms with Crippen LogP contribution in [0.4, 0.5) is 8.78 Å². The number of hydrogen-bond donors (Lipinski definition) is 0. The number of aromatic nitrogens is 5. The Morgan fingerprint density at radius 2 is 1.95 bits per heavy atom. The highest BCUT2D eigenvalue weighted by Gasteiger charge is 2.26. The molecule has 0 aliphatic rings. The van der Waals surface area contributed by atoms with Crippen LogP contribution in [-0.4, -0.2) is 24.3 Å². The van der Waals surface area contributed by atoms with E-state index in [-0.39, 0.29) is 11.5 Å². The highest BCUT2D eigenvalue weighted by Crippen LogP contribution is 2.25. The molecular weight excluding hydrogens is 332 g/mol. The molecule has 0 atom stereocenters. The zero-order valence-corrected chi connectivity index (χ0v) is 12.0. The van der Waals surface area contributed by atoms with Gasteiger partial charge in [-0.2, -0.15) is 8.78 Å². The Labute approximate surface area is 121 Å². The van der Waals surface area contributed by atoms with Gasteiger partial charge < -0.3 is 0 Å². The number of alkyl halides is 2. The summed E-state index contributed by atoms with van der Waals surface area (Å²) in [5, 5.41) is 0. The second kappa shape index (κ2) is 6.00. The molecule has 0 aliphatic carbocycles. The minimum Gasteiger partial charge on any atom is -0.278 e. The third-order valence-corrected chi connectivity index (χ3v) is 2.85. The van der Waals surface area contributed by atoms with Crippen molar-refractivity contribution >= 4 is 21.7 Å². The normalized spacial score (nSPS) is 11.0. The molecule has 8 heteroatoms. The minimum atomic E-state index is -2.93. The second-order valence-electron chi connectivity index (χ2n) is 3.86. The quantitative estimate of drug-likeness (QED) is 0.682. The zero-order chi connectivity index (χ0) is 14.6. The van der Waals surface area contributed by atoms with Crippen molar-refractivity contribution in [2.45, 2.75) is 12.8 Å². The topological polar surface area (TPSA) is 56.0 Å². The molecule has 3 heterocycles. The molecule has 0 aliphatic heterocycles. The zero-order valence-electron chi connectivity index (χ0n) is 10.4. The van der Waals surface area contributed by atoms with Gasteiger partial charge >= 0.3 is 0 Å². The van der Waals surface area contributed by atoms with Crippen LogP contribution in [0.25, 0.3) is 5.78 Å². The van der Waals surface area contributed by atoms with Gasteiger partial charge in [0, 0.05) is 25.5 Å². The minimum absolute atomic E-state index is 0.260. The maximum Gasteiger partial charge on any atom is 0.287 e. The van der Waals surface area contributed by atoms with Crippen LogP contribution in [0.5, 0.6) is 0 Å². The molecule has 0 spiro atoms. The van der Waals surface area contributed by atoms with Crippen molar-refractivity contribution in [1.82, 2.24) is 24.3 Å². The fourth-order valence-electron chi connectivity index (χ4n) is 1.34. The van der Waals surface area contributed by atoms with Crippen molar-refractivity contribution in [2.75, 3.05) is 0 Å². The fourth-order valence-corrected chi connectivity index (χ4v) is 1.72. The molecule has 0 radical (unpaired) electrons. The molecule has 5 nitrogen and oxygen atoms in total. The van der Waals surface area contributed by atoms with Crippen LogP contribution in [0.3, 0.4) is 0 Å². The molecule has 20 heavy (non-hydrogen) atoms. The standard InChI is InChI=1S/C8H6BrF2N3.C4H4N2/c1-8(10,11)5-2-3-14-6(9)4-12-7(14)13-5;1-2-5-4-6-3-1/h2-4H,1H3;1-4H. The second-order valence-corrected chi connectivity index (χ2v) is 4.67. The van der Waals surface area contributed by atoms with Crippen molar-refractivity contribution in [3.8, 4) is 0 Å². The summed E-state index contributed by atoms with van der Waals surface area (Å²) in [5.74, 6) is -2.67. The van der Waals surface area contributed by atoms with E-state index in [0.29, 0.717) is 4.60 Å². The lowest BCUT2D eigenvalue weighted by atomic mass is 10.3. The summed E-state index contributed by atoms with van der Waals surface area (Å²) in [6.07, 6.45) is 7.89. The first-order valence-corrected chi connectivity index (χ1v) is 6.35. The van der Waals surface area contributed by atoms with Gasteiger partial charge in [0.25, 0.3) is 5.92 Å². The number of hydrogen-bond acceptors (Lipinski definition) is 4. The number of fused-ring (bicyclic) bond motifs is 1. The molecule has 0 unspecified atom stereocenters. The predicted molar refractivity (Wildman–Crippen MR) is 72.3 cm³/mol. The Balaban J connectivity index is 0.000000205. The average Bonchev–Trinajstić information content (AvgIpc) is 2.82. The summed E-state index contributed by atoms with van der Waals surface area (Å²) in [6.45, 7) is 0.809. The Hall–Kier alpha value is -1.96. The van der Waals surface area contributed by atoms with Crippen molar-refractivity contribution in [3.05, 3.63) is 53.5 Å². The maximum atomic E-state index is 12.9. The van der Waals surface area contributed by atoms with Crippen molar-refractivity contribution in [2.24, 2.45) is 0 Å². The molecule has 0 N–H and O–H groups in total. The van der Waals surface area contributed by atoms with E-state index in [0.717, 1.165) is 6.92 Å².